The van der Waals surface area contributed by atoms with Crippen molar-refractivity contribution in [2.45, 2.75) is 45.6 Å². The maximum absolute atomic E-state index is 12.6. The summed E-state index contributed by atoms with van der Waals surface area (Å²) in [6.07, 6.45) is 1.96. The Kier molecular flexibility index (Phi) is 5.62. The summed E-state index contributed by atoms with van der Waals surface area (Å²) in [4.78, 5) is 31.1. The first kappa shape index (κ1) is 19.6. The van der Waals surface area contributed by atoms with Gasteiger partial charge in [-0.2, -0.15) is 4.98 Å². The van der Waals surface area contributed by atoms with Gasteiger partial charge in [-0.05, 0) is 49.9 Å². The molecular weight excluding hydrogens is 372 g/mol. The fourth-order valence-corrected chi connectivity index (χ4v) is 3.79. The van der Waals surface area contributed by atoms with Crippen LogP contribution in [-0.2, 0) is 20.9 Å². The van der Waals surface area contributed by atoms with Gasteiger partial charge in [0, 0.05) is 37.8 Å². The number of hydrogen-bond donors (Lipinski definition) is 1. The first-order valence-electron chi connectivity index (χ1n) is 10.1. The molecule has 4 rings (SSSR count). The van der Waals surface area contributed by atoms with Gasteiger partial charge in [-0.1, -0.05) is 11.2 Å². The second-order valence-corrected chi connectivity index (χ2v) is 7.82. The van der Waals surface area contributed by atoms with Crippen LogP contribution in [0.25, 0.3) is 0 Å². The van der Waals surface area contributed by atoms with Crippen molar-refractivity contribution in [3.05, 3.63) is 41.0 Å². The van der Waals surface area contributed by atoms with Crippen molar-refractivity contribution >= 4 is 17.5 Å². The lowest BCUT2D eigenvalue weighted by molar-refractivity contribution is -0.126. The Balaban J connectivity index is 1.33. The number of aromatic nitrogens is 2. The van der Waals surface area contributed by atoms with E-state index in [0.717, 1.165) is 24.1 Å². The molecule has 0 bridgehead atoms. The summed E-state index contributed by atoms with van der Waals surface area (Å²) >= 11 is 0. The molecule has 0 unspecified atom stereocenters. The molecule has 0 spiro atoms. The standard InChI is InChI=1S/C21H26N4O4/c1-13-3-4-17(9-14(13)2)25-12-16(10-19(25)26)21(27)22-11-18-23-20(24-29-18)15-5-7-28-8-6-15/h3-4,9,15-16H,5-8,10-12H2,1-2H3,(H,22,27)/t16-/m0/s1. The van der Waals surface area contributed by atoms with Gasteiger partial charge in [0.1, 0.15) is 0 Å². The molecule has 1 atom stereocenters. The van der Waals surface area contributed by atoms with Crippen molar-refractivity contribution < 1.29 is 18.8 Å². The fourth-order valence-electron chi connectivity index (χ4n) is 3.79. The number of nitrogens with one attached hydrogen (secondary N) is 1. The molecule has 0 radical (unpaired) electrons. The van der Waals surface area contributed by atoms with E-state index in [2.05, 4.69) is 15.5 Å². The van der Waals surface area contributed by atoms with Gasteiger partial charge in [0.25, 0.3) is 0 Å². The molecule has 0 saturated carbocycles. The topological polar surface area (TPSA) is 97.6 Å². The minimum absolute atomic E-state index is 0.0343. The highest BCUT2D eigenvalue weighted by Crippen LogP contribution is 2.27. The van der Waals surface area contributed by atoms with E-state index in [1.807, 2.05) is 32.0 Å². The molecule has 154 valence electrons. The van der Waals surface area contributed by atoms with Crippen LogP contribution in [0.4, 0.5) is 5.69 Å². The minimum Gasteiger partial charge on any atom is -0.381 e. The van der Waals surface area contributed by atoms with Gasteiger partial charge >= 0.3 is 0 Å². The van der Waals surface area contributed by atoms with Crippen molar-refractivity contribution in [2.24, 2.45) is 5.92 Å². The zero-order chi connectivity index (χ0) is 20.4. The first-order valence-corrected chi connectivity index (χ1v) is 10.1. The molecule has 29 heavy (non-hydrogen) atoms. The second kappa shape index (κ2) is 8.32. The average molecular weight is 398 g/mol. The predicted molar refractivity (Wildman–Crippen MR) is 105 cm³/mol. The molecule has 8 heteroatoms. The van der Waals surface area contributed by atoms with Gasteiger partial charge < -0.3 is 19.5 Å². The van der Waals surface area contributed by atoms with Gasteiger partial charge in [-0.3, -0.25) is 9.59 Å². The summed E-state index contributed by atoms with van der Waals surface area (Å²) in [7, 11) is 0. The van der Waals surface area contributed by atoms with Crippen molar-refractivity contribution in [3.63, 3.8) is 0 Å². The zero-order valence-electron chi connectivity index (χ0n) is 16.8. The highest BCUT2D eigenvalue weighted by atomic mass is 16.5. The number of hydrogen-bond acceptors (Lipinski definition) is 6. The van der Waals surface area contributed by atoms with Crippen molar-refractivity contribution in [1.82, 2.24) is 15.5 Å². The summed E-state index contributed by atoms with van der Waals surface area (Å²) in [5, 5.41) is 6.87. The largest absolute Gasteiger partial charge is 0.381 e. The van der Waals surface area contributed by atoms with E-state index in [0.29, 0.717) is 31.5 Å². The summed E-state index contributed by atoms with van der Waals surface area (Å²) in [5.74, 6) is 0.714. The normalized spacial score (nSPS) is 20.3. The number of ether oxygens (including phenoxy) is 1. The monoisotopic (exact) mass is 398 g/mol. The van der Waals surface area contributed by atoms with Crippen LogP contribution < -0.4 is 10.2 Å². The van der Waals surface area contributed by atoms with Crippen LogP contribution in [0, 0.1) is 19.8 Å². The number of carbonyl (C=O) groups excluding carboxylic acids is 2. The van der Waals surface area contributed by atoms with Crippen molar-refractivity contribution in [3.8, 4) is 0 Å². The van der Waals surface area contributed by atoms with Gasteiger partial charge in [-0.25, -0.2) is 0 Å². The second-order valence-electron chi connectivity index (χ2n) is 7.82. The van der Waals surface area contributed by atoms with Crippen molar-refractivity contribution in [2.75, 3.05) is 24.7 Å². The van der Waals surface area contributed by atoms with Crippen LogP contribution in [0.1, 0.15) is 48.0 Å². The summed E-state index contributed by atoms with van der Waals surface area (Å²) in [5.41, 5.74) is 3.14. The maximum Gasteiger partial charge on any atom is 0.246 e. The molecule has 2 aliphatic heterocycles. The molecule has 0 aliphatic carbocycles. The quantitative estimate of drug-likeness (QED) is 0.830. The van der Waals surface area contributed by atoms with E-state index >= 15 is 0 Å². The molecule has 2 amide bonds. The number of benzene rings is 1. The van der Waals surface area contributed by atoms with E-state index in [4.69, 9.17) is 9.26 Å². The van der Waals surface area contributed by atoms with Gasteiger partial charge in [0.05, 0.1) is 12.5 Å². The van der Waals surface area contributed by atoms with E-state index in [1.54, 1.807) is 4.90 Å². The van der Waals surface area contributed by atoms with Gasteiger partial charge in [0.15, 0.2) is 5.82 Å². The smallest absolute Gasteiger partial charge is 0.246 e. The number of anilines is 1. The Hall–Kier alpha value is -2.74. The number of rotatable bonds is 5. The Morgan fingerprint density at radius 2 is 2.03 bits per heavy atom. The Bertz CT molecular complexity index is 904. The van der Waals surface area contributed by atoms with Crippen LogP contribution in [0.2, 0.25) is 0 Å². The third-order valence-electron chi connectivity index (χ3n) is 5.78. The van der Waals surface area contributed by atoms with Crippen LogP contribution in [0.15, 0.2) is 22.7 Å². The molecule has 8 nitrogen and oxygen atoms in total. The van der Waals surface area contributed by atoms with Crippen molar-refractivity contribution in [1.29, 1.82) is 0 Å². The van der Waals surface area contributed by atoms with Crippen LogP contribution in [0.5, 0.6) is 0 Å². The van der Waals surface area contributed by atoms with Crippen LogP contribution >= 0.6 is 0 Å². The Morgan fingerprint density at radius 3 is 2.79 bits per heavy atom. The highest BCUT2D eigenvalue weighted by Gasteiger charge is 2.35. The predicted octanol–water partition coefficient (Wildman–Crippen LogP) is 2.25. The summed E-state index contributed by atoms with van der Waals surface area (Å²) in [6, 6.07) is 5.91. The lowest BCUT2D eigenvalue weighted by Crippen LogP contribution is -2.32. The van der Waals surface area contributed by atoms with Gasteiger partial charge in [0.2, 0.25) is 17.7 Å². The Labute approximate surface area is 169 Å². The molecule has 2 saturated heterocycles. The van der Waals surface area contributed by atoms with Crippen LogP contribution in [0.3, 0.4) is 0 Å². The molecule has 2 aromatic rings. The molecule has 1 N–H and O–H groups in total. The molecule has 2 fully saturated rings. The minimum atomic E-state index is -0.387. The molecule has 1 aromatic carbocycles. The highest BCUT2D eigenvalue weighted by molar-refractivity contribution is 6.00. The van der Waals surface area contributed by atoms with Gasteiger partial charge in [-0.15, -0.1) is 0 Å². The average Bonchev–Trinajstić information content (AvgIpc) is 3.36. The molecule has 3 heterocycles. The maximum atomic E-state index is 12.6. The summed E-state index contributed by atoms with van der Waals surface area (Å²) in [6.45, 7) is 6.01. The van der Waals surface area contributed by atoms with E-state index in [-0.39, 0.29) is 36.6 Å². The zero-order valence-corrected chi connectivity index (χ0v) is 16.8. The number of aryl methyl sites for hydroxylation is 2. The SMILES string of the molecule is Cc1ccc(N2C[C@@H](C(=O)NCc3nc(C4CCOCC4)no3)CC2=O)cc1C. The third-order valence-corrected chi connectivity index (χ3v) is 5.78. The fraction of sp³-hybridized carbons (Fsp3) is 0.524. The third kappa shape index (κ3) is 4.32. The van der Waals surface area contributed by atoms with Crippen LogP contribution in [-0.4, -0.2) is 41.7 Å². The molecule has 1 aromatic heterocycles. The number of carbonyl (C=O) groups is 2. The first-order chi connectivity index (χ1) is 14.0. The van der Waals surface area contributed by atoms with E-state index in [9.17, 15) is 9.59 Å². The lowest BCUT2D eigenvalue weighted by atomic mass is 10.00. The Morgan fingerprint density at radius 1 is 1.24 bits per heavy atom. The number of amides is 2. The molecular formula is C21H26N4O4. The van der Waals surface area contributed by atoms with E-state index < -0.39 is 0 Å². The molecule has 2 aliphatic rings. The summed E-state index contributed by atoms with van der Waals surface area (Å²) < 4.78 is 10.6. The number of nitrogens with zero attached hydrogens (tertiary/aromatic N) is 3. The lowest BCUT2D eigenvalue weighted by Gasteiger charge is -2.18. The van der Waals surface area contributed by atoms with E-state index in [1.165, 1.54) is 5.56 Å².